The van der Waals surface area contributed by atoms with Gasteiger partial charge in [0.25, 0.3) is 0 Å². The highest BCUT2D eigenvalue weighted by Crippen LogP contribution is 2.36. The molecule has 0 aliphatic carbocycles. The van der Waals surface area contributed by atoms with Crippen molar-refractivity contribution in [1.82, 2.24) is 15.1 Å². The van der Waals surface area contributed by atoms with Gasteiger partial charge in [0.2, 0.25) is 11.8 Å². The zero-order valence-corrected chi connectivity index (χ0v) is 24.8. The first kappa shape index (κ1) is 29.4. The molecule has 1 aromatic heterocycles. The van der Waals surface area contributed by atoms with Crippen LogP contribution in [0, 0.1) is 5.41 Å². The fraction of sp³-hybridized carbons (Fsp3) is 0.516. The Balaban J connectivity index is 1.07. The summed E-state index contributed by atoms with van der Waals surface area (Å²) < 4.78 is 22.3. The predicted octanol–water partition coefficient (Wildman–Crippen LogP) is 4.92. The van der Waals surface area contributed by atoms with Crippen LogP contribution in [0.4, 0.5) is 5.69 Å². The number of likely N-dealkylation sites (N-methyl/N-ethyl adjacent to an activating group) is 1. The lowest BCUT2D eigenvalue weighted by Crippen LogP contribution is -2.43. The van der Waals surface area contributed by atoms with E-state index in [0.717, 1.165) is 62.4 Å². The van der Waals surface area contributed by atoms with Crippen molar-refractivity contribution in [3.63, 3.8) is 0 Å². The minimum atomic E-state index is -0.417. The van der Waals surface area contributed by atoms with Crippen LogP contribution in [0.3, 0.4) is 0 Å². The molecule has 10 heteroatoms. The van der Waals surface area contributed by atoms with Crippen molar-refractivity contribution in [2.75, 3.05) is 64.3 Å². The molecule has 1 unspecified atom stereocenters. The number of nitrogens with zero attached hydrogens (tertiary/aromatic N) is 4. The minimum Gasteiger partial charge on any atom is -0.493 e. The van der Waals surface area contributed by atoms with Crippen molar-refractivity contribution in [3.8, 4) is 17.2 Å². The third kappa shape index (κ3) is 7.61. The largest absolute Gasteiger partial charge is 0.493 e. The van der Waals surface area contributed by atoms with Gasteiger partial charge in [-0.2, -0.15) is 0 Å². The van der Waals surface area contributed by atoms with Crippen LogP contribution in [0.1, 0.15) is 31.6 Å². The first-order valence-electron chi connectivity index (χ1n) is 14.4. The monoisotopic (exact) mass is 580 g/mol. The van der Waals surface area contributed by atoms with Crippen LogP contribution in [0.15, 0.2) is 59.0 Å². The van der Waals surface area contributed by atoms with E-state index in [1.165, 1.54) is 12.8 Å². The minimum absolute atomic E-state index is 0.0945. The number of carbonyl (C=O) groups is 1. The summed E-state index contributed by atoms with van der Waals surface area (Å²) in [6, 6.07) is 18.6. The van der Waals surface area contributed by atoms with E-state index in [0.29, 0.717) is 43.4 Å². The topological polar surface area (TPSA) is 90.2 Å². The number of benzene rings is 2. The Morgan fingerprint density at radius 2 is 1.90 bits per heavy atom. The van der Waals surface area contributed by atoms with Crippen molar-refractivity contribution in [1.29, 1.82) is 0 Å². The second-order valence-corrected chi connectivity index (χ2v) is 11.9. The molecule has 0 saturated carbocycles. The number of hydrogen-bond donors (Lipinski definition) is 0. The predicted molar refractivity (Wildman–Crippen MR) is 160 cm³/mol. The first-order chi connectivity index (χ1) is 20.1. The highest BCUT2D eigenvalue weighted by molar-refractivity contribution is 7.98. The van der Waals surface area contributed by atoms with Gasteiger partial charge in [-0.15, -0.1) is 22.0 Å². The van der Waals surface area contributed by atoms with E-state index in [4.69, 9.17) is 18.6 Å². The van der Waals surface area contributed by atoms with E-state index < -0.39 is 5.41 Å². The van der Waals surface area contributed by atoms with Crippen molar-refractivity contribution < 1.29 is 23.4 Å². The second-order valence-electron chi connectivity index (χ2n) is 10.8. The van der Waals surface area contributed by atoms with Crippen LogP contribution in [-0.2, 0) is 20.0 Å². The van der Waals surface area contributed by atoms with Gasteiger partial charge in [0.1, 0.15) is 5.75 Å². The van der Waals surface area contributed by atoms with Crippen LogP contribution in [0.2, 0.25) is 0 Å². The highest BCUT2D eigenvalue weighted by Gasteiger charge is 2.41. The number of carbonyl (C=O) groups excluding carboxylic acids is 1. The van der Waals surface area contributed by atoms with E-state index >= 15 is 0 Å². The quantitative estimate of drug-likeness (QED) is 0.205. The Hall–Kier alpha value is -3.08. The summed E-state index contributed by atoms with van der Waals surface area (Å²) in [5.41, 5.74) is 1.69. The molecule has 0 amide bonds. The zero-order chi connectivity index (χ0) is 28.5. The molecule has 5 rings (SSSR count). The van der Waals surface area contributed by atoms with Crippen molar-refractivity contribution in [2.45, 2.75) is 37.5 Å². The summed E-state index contributed by atoms with van der Waals surface area (Å²) in [6.45, 7) is 4.71. The van der Waals surface area contributed by atoms with E-state index in [1.54, 1.807) is 11.8 Å². The lowest BCUT2D eigenvalue weighted by atomic mass is 9.77. The Morgan fingerprint density at radius 3 is 2.66 bits per heavy atom. The molecule has 0 spiro atoms. The van der Waals surface area contributed by atoms with Crippen LogP contribution < -0.4 is 9.64 Å². The molecule has 2 saturated heterocycles. The maximum atomic E-state index is 12.6. The molecule has 2 aliphatic heterocycles. The number of esters is 1. The Morgan fingerprint density at radius 1 is 1.12 bits per heavy atom. The lowest BCUT2D eigenvalue weighted by Gasteiger charge is -2.36. The SMILES string of the molecule is COC(=O)C1(CCN(C)C2CCN(c3ccc(-c4nnc(CSCCOc5ccccc5)o4)cc3)C2)CCOCC1. The maximum absolute atomic E-state index is 12.6. The molecule has 2 aromatic carbocycles. The lowest BCUT2D eigenvalue weighted by molar-refractivity contribution is -0.159. The van der Waals surface area contributed by atoms with E-state index in [9.17, 15) is 4.79 Å². The Labute approximate surface area is 246 Å². The summed E-state index contributed by atoms with van der Waals surface area (Å²) in [4.78, 5) is 17.4. The van der Waals surface area contributed by atoms with E-state index in [2.05, 4.69) is 51.3 Å². The molecule has 9 nitrogen and oxygen atoms in total. The van der Waals surface area contributed by atoms with E-state index in [1.807, 2.05) is 30.3 Å². The summed E-state index contributed by atoms with van der Waals surface area (Å²) >= 11 is 1.71. The molecular formula is C31H40N4O5S. The Bertz CT molecular complexity index is 1230. The van der Waals surface area contributed by atoms with Crippen molar-refractivity contribution in [3.05, 3.63) is 60.5 Å². The Kier molecular flexibility index (Phi) is 10.2. The number of anilines is 1. The second kappa shape index (κ2) is 14.2. The van der Waals surface area contributed by atoms with Gasteiger partial charge < -0.3 is 28.4 Å². The number of thioether (sulfide) groups is 1. The van der Waals surface area contributed by atoms with Gasteiger partial charge in [-0.25, -0.2) is 0 Å². The number of methoxy groups -OCH3 is 1. The molecule has 2 fully saturated rings. The summed E-state index contributed by atoms with van der Waals surface area (Å²) in [5, 5.41) is 8.48. The van der Waals surface area contributed by atoms with E-state index in [-0.39, 0.29) is 5.97 Å². The molecule has 1 atom stereocenters. The summed E-state index contributed by atoms with van der Waals surface area (Å²) in [6.07, 6.45) is 3.37. The fourth-order valence-corrected chi connectivity index (χ4v) is 6.22. The van der Waals surface area contributed by atoms with Gasteiger partial charge in [-0.05, 0) is 75.7 Å². The van der Waals surface area contributed by atoms with Gasteiger partial charge in [-0.1, -0.05) is 18.2 Å². The smallest absolute Gasteiger partial charge is 0.312 e. The van der Waals surface area contributed by atoms with Gasteiger partial charge >= 0.3 is 5.97 Å². The standard InChI is InChI=1S/C31H40N4O5S/c1-34(17-13-31(30(36)37-2)14-18-38-19-15-31)26-12-16-35(22-26)25-10-8-24(9-11-25)29-33-32-28(40-29)23-41-21-20-39-27-6-4-3-5-7-27/h3-11,26H,12-23H2,1-2H3. The average Bonchev–Trinajstić information content (AvgIpc) is 3.71. The van der Waals surface area contributed by atoms with Crippen molar-refractivity contribution >= 4 is 23.4 Å². The van der Waals surface area contributed by atoms with Gasteiger partial charge in [0, 0.05) is 49.3 Å². The normalized spacial score (nSPS) is 18.5. The molecule has 2 aliphatic rings. The number of rotatable bonds is 13. The molecule has 220 valence electrons. The van der Waals surface area contributed by atoms with Gasteiger partial charge in [0.05, 0.1) is 24.9 Å². The number of aromatic nitrogens is 2. The molecule has 0 bridgehead atoms. The molecular weight excluding hydrogens is 540 g/mol. The summed E-state index contributed by atoms with van der Waals surface area (Å²) in [5.74, 6) is 3.44. The highest BCUT2D eigenvalue weighted by atomic mass is 32.2. The third-order valence-electron chi connectivity index (χ3n) is 8.21. The van der Waals surface area contributed by atoms with Gasteiger partial charge in [-0.3, -0.25) is 4.79 Å². The molecule has 3 aromatic rings. The molecule has 41 heavy (non-hydrogen) atoms. The van der Waals surface area contributed by atoms with Crippen LogP contribution in [-0.4, -0.2) is 86.5 Å². The first-order valence-corrected chi connectivity index (χ1v) is 15.5. The molecule has 3 heterocycles. The summed E-state index contributed by atoms with van der Waals surface area (Å²) in [7, 11) is 3.66. The zero-order valence-electron chi connectivity index (χ0n) is 24.0. The van der Waals surface area contributed by atoms with Crippen molar-refractivity contribution in [2.24, 2.45) is 5.41 Å². The maximum Gasteiger partial charge on any atom is 0.312 e. The molecule has 0 radical (unpaired) electrons. The van der Waals surface area contributed by atoms with Gasteiger partial charge in [0.15, 0.2) is 0 Å². The average molecular weight is 581 g/mol. The fourth-order valence-electron chi connectivity index (χ4n) is 5.58. The number of ether oxygens (including phenoxy) is 3. The van der Waals surface area contributed by atoms with Crippen LogP contribution >= 0.6 is 11.8 Å². The van der Waals surface area contributed by atoms with Crippen LogP contribution in [0.25, 0.3) is 11.5 Å². The van der Waals surface area contributed by atoms with Crippen LogP contribution in [0.5, 0.6) is 5.75 Å². The third-order valence-corrected chi connectivity index (χ3v) is 9.12. The number of hydrogen-bond acceptors (Lipinski definition) is 10. The number of para-hydroxylation sites is 1. The molecule has 0 N–H and O–H groups in total.